The Balaban J connectivity index is 1.46. The molecule has 1 aromatic heterocycles. The Morgan fingerprint density at radius 3 is 2.44 bits per heavy atom. The van der Waals surface area contributed by atoms with Gasteiger partial charge in [-0.05, 0) is 42.7 Å². The summed E-state index contributed by atoms with van der Waals surface area (Å²) in [6, 6.07) is 16.5. The Morgan fingerprint density at radius 2 is 1.72 bits per heavy atom. The maximum atomic E-state index is 12.5. The highest BCUT2D eigenvalue weighted by atomic mass is 35.5. The molecule has 1 aliphatic heterocycles. The number of sulfone groups is 1. The fourth-order valence-corrected chi connectivity index (χ4v) is 5.14. The first-order valence-corrected chi connectivity index (χ1v) is 12.2. The van der Waals surface area contributed by atoms with E-state index in [0.717, 1.165) is 12.0 Å². The number of hydrogen-bond acceptors (Lipinski definition) is 5. The van der Waals surface area contributed by atoms with Crippen LogP contribution in [0.2, 0.25) is 5.02 Å². The summed E-state index contributed by atoms with van der Waals surface area (Å²) in [5.41, 5.74) is 2.48. The SMILES string of the molecule is O=C(NCCCc1ccccc1)C(=O)Nc1c2c(nn1-c1ccc(Cl)cc1)CS(=O)(=O)C2. The molecular formula is C22H21ClN4O4S. The van der Waals surface area contributed by atoms with Crippen LogP contribution in [0.25, 0.3) is 5.69 Å². The molecule has 32 heavy (non-hydrogen) atoms. The monoisotopic (exact) mass is 472 g/mol. The Labute approximate surface area is 190 Å². The van der Waals surface area contributed by atoms with Gasteiger partial charge in [0.25, 0.3) is 0 Å². The van der Waals surface area contributed by atoms with Gasteiger partial charge in [0.2, 0.25) is 0 Å². The number of carbonyl (C=O) groups is 2. The van der Waals surface area contributed by atoms with Crippen LogP contribution in [0.15, 0.2) is 54.6 Å². The van der Waals surface area contributed by atoms with Gasteiger partial charge < -0.3 is 10.6 Å². The first-order chi connectivity index (χ1) is 15.3. The van der Waals surface area contributed by atoms with Gasteiger partial charge in [-0.2, -0.15) is 5.10 Å². The maximum Gasteiger partial charge on any atom is 0.314 e. The zero-order chi connectivity index (χ0) is 22.7. The number of halogens is 1. The Morgan fingerprint density at radius 1 is 1.00 bits per heavy atom. The highest BCUT2D eigenvalue weighted by Crippen LogP contribution is 2.33. The zero-order valence-corrected chi connectivity index (χ0v) is 18.6. The fourth-order valence-electron chi connectivity index (χ4n) is 3.52. The van der Waals surface area contributed by atoms with Gasteiger partial charge >= 0.3 is 11.8 Å². The van der Waals surface area contributed by atoms with E-state index in [-0.39, 0.29) is 17.3 Å². The molecule has 2 N–H and O–H groups in total. The molecule has 0 unspecified atom stereocenters. The molecule has 3 aromatic rings. The summed E-state index contributed by atoms with van der Waals surface area (Å²) in [6.07, 6.45) is 1.46. The molecule has 2 heterocycles. The van der Waals surface area contributed by atoms with Crippen molar-refractivity contribution in [3.63, 3.8) is 0 Å². The molecule has 0 spiro atoms. The Bertz CT molecular complexity index is 1260. The van der Waals surface area contributed by atoms with Crippen molar-refractivity contribution in [3.05, 3.63) is 76.4 Å². The van der Waals surface area contributed by atoms with Crippen molar-refractivity contribution < 1.29 is 18.0 Å². The molecule has 2 aromatic carbocycles. The molecule has 1 aliphatic rings. The number of nitrogens with one attached hydrogen (secondary N) is 2. The molecular weight excluding hydrogens is 452 g/mol. The molecule has 0 bridgehead atoms. The van der Waals surface area contributed by atoms with Crippen LogP contribution in [0.4, 0.5) is 5.82 Å². The minimum atomic E-state index is -3.34. The van der Waals surface area contributed by atoms with Gasteiger partial charge in [0.15, 0.2) is 9.84 Å². The normalized spacial score (nSPS) is 14.0. The van der Waals surface area contributed by atoms with Gasteiger partial charge in [-0.15, -0.1) is 0 Å². The summed E-state index contributed by atoms with van der Waals surface area (Å²) in [7, 11) is -3.34. The van der Waals surface area contributed by atoms with Crippen LogP contribution < -0.4 is 10.6 Å². The van der Waals surface area contributed by atoms with Gasteiger partial charge in [-0.3, -0.25) is 9.59 Å². The molecule has 0 saturated heterocycles. The van der Waals surface area contributed by atoms with Crippen LogP contribution in [0.3, 0.4) is 0 Å². The topological polar surface area (TPSA) is 110 Å². The van der Waals surface area contributed by atoms with E-state index in [4.69, 9.17) is 11.6 Å². The highest BCUT2D eigenvalue weighted by Gasteiger charge is 2.33. The first kappa shape index (κ1) is 22.0. The van der Waals surface area contributed by atoms with E-state index in [0.29, 0.717) is 34.9 Å². The summed E-state index contributed by atoms with van der Waals surface area (Å²) in [4.78, 5) is 24.9. The van der Waals surface area contributed by atoms with E-state index in [1.807, 2.05) is 30.3 Å². The average molecular weight is 473 g/mol. The number of carbonyl (C=O) groups excluding carboxylic acids is 2. The smallest absolute Gasteiger partial charge is 0.314 e. The number of hydrogen-bond donors (Lipinski definition) is 2. The van der Waals surface area contributed by atoms with Crippen LogP contribution >= 0.6 is 11.6 Å². The summed E-state index contributed by atoms with van der Waals surface area (Å²) in [5.74, 6) is -1.96. The van der Waals surface area contributed by atoms with E-state index in [9.17, 15) is 18.0 Å². The zero-order valence-electron chi connectivity index (χ0n) is 17.0. The molecule has 0 radical (unpaired) electrons. The van der Waals surface area contributed by atoms with Gasteiger partial charge in [0.05, 0.1) is 22.9 Å². The number of aromatic nitrogens is 2. The molecule has 0 saturated carbocycles. The third-order valence-corrected chi connectivity index (χ3v) is 6.76. The van der Waals surface area contributed by atoms with Crippen molar-refractivity contribution in [2.75, 3.05) is 11.9 Å². The van der Waals surface area contributed by atoms with Crippen molar-refractivity contribution in [3.8, 4) is 5.69 Å². The van der Waals surface area contributed by atoms with Gasteiger partial charge in [-0.1, -0.05) is 41.9 Å². The van der Waals surface area contributed by atoms with E-state index < -0.39 is 21.7 Å². The number of fused-ring (bicyclic) bond motifs is 1. The fraction of sp³-hybridized carbons (Fsp3) is 0.227. The van der Waals surface area contributed by atoms with Crippen LogP contribution in [-0.4, -0.2) is 36.6 Å². The molecule has 166 valence electrons. The third-order valence-electron chi connectivity index (χ3n) is 5.07. The molecule has 0 atom stereocenters. The van der Waals surface area contributed by atoms with Crippen LogP contribution in [0, 0.1) is 0 Å². The number of aryl methyl sites for hydroxylation is 1. The van der Waals surface area contributed by atoms with Gasteiger partial charge in [0.1, 0.15) is 5.82 Å². The molecule has 8 nitrogen and oxygen atoms in total. The van der Waals surface area contributed by atoms with E-state index in [2.05, 4.69) is 15.7 Å². The minimum absolute atomic E-state index is 0.174. The van der Waals surface area contributed by atoms with Crippen molar-refractivity contribution in [1.82, 2.24) is 15.1 Å². The Hall–Kier alpha value is -3.17. The molecule has 0 aliphatic carbocycles. The lowest BCUT2D eigenvalue weighted by Crippen LogP contribution is -2.36. The highest BCUT2D eigenvalue weighted by molar-refractivity contribution is 7.90. The number of benzene rings is 2. The van der Waals surface area contributed by atoms with Crippen LogP contribution in [0.1, 0.15) is 23.2 Å². The van der Waals surface area contributed by atoms with E-state index in [1.165, 1.54) is 4.68 Å². The quantitative estimate of drug-likeness (QED) is 0.423. The first-order valence-electron chi connectivity index (χ1n) is 10.0. The van der Waals surface area contributed by atoms with Crippen molar-refractivity contribution >= 4 is 39.1 Å². The van der Waals surface area contributed by atoms with E-state index >= 15 is 0 Å². The summed E-state index contributed by atoms with van der Waals surface area (Å²) in [5, 5.41) is 10.0. The lowest BCUT2D eigenvalue weighted by Gasteiger charge is -2.11. The lowest BCUT2D eigenvalue weighted by atomic mass is 10.1. The second-order valence-electron chi connectivity index (χ2n) is 7.49. The van der Waals surface area contributed by atoms with E-state index in [1.54, 1.807) is 24.3 Å². The van der Waals surface area contributed by atoms with Crippen molar-refractivity contribution in [1.29, 1.82) is 0 Å². The number of rotatable bonds is 6. The third kappa shape index (κ3) is 5.00. The standard InChI is InChI=1S/C22H21ClN4O4S/c23-16-8-10-17(11-9-16)27-20(18-13-32(30,31)14-19(18)26-27)25-22(29)21(28)24-12-4-7-15-5-2-1-3-6-15/h1-3,5-6,8-11H,4,7,12-14H2,(H,24,28)(H,25,29). The number of amides is 2. The summed E-state index contributed by atoms with van der Waals surface area (Å²) >= 11 is 5.95. The molecule has 0 fully saturated rings. The second-order valence-corrected chi connectivity index (χ2v) is 9.99. The molecule has 10 heteroatoms. The largest absolute Gasteiger partial charge is 0.348 e. The second kappa shape index (κ2) is 9.13. The summed E-state index contributed by atoms with van der Waals surface area (Å²) < 4.78 is 25.5. The molecule has 2 amide bonds. The summed E-state index contributed by atoms with van der Waals surface area (Å²) in [6.45, 7) is 0.337. The lowest BCUT2D eigenvalue weighted by molar-refractivity contribution is -0.136. The predicted octanol–water partition coefficient (Wildman–Crippen LogP) is 2.64. The van der Waals surface area contributed by atoms with Crippen LogP contribution in [-0.2, 0) is 37.4 Å². The number of anilines is 1. The van der Waals surface area contributed by atoms with Gasteiger partial charge in [0, 0.05) is 17.1 Å². The van der Waals surface area contributed by atoms with Gasteiger partial charge in [-0.25, -0.2) is 13.1 Å². The maximum absolute atomic E-state index is 12.5. The predicted molar refractivity (Wildman–Crippen MR) is 121 cm³/mol. The van der Waals surface area contributed by atoms with Crippen LogP contribution in [0.5, 0.6) is 0 Å². The number of nitrogens with zero attached hydrogens (tertiary/aromatic N) is 2. The van der Waals surface area contributed by atoms with Crippen molar-refractivity contribution in [2.24, 2.45) is 0 Å². The minimum Gasteiger partial charge on any atom is -0.348 e. The average Bonchev–Trinajstić information content (AvgIpc) is 3.24. The Kier molecular flexibility index (Phi) is 6.29. The van der Waals surface area contributed by atoms with Crippen molar-refractivity contribution in [2.45, 2.75) is 24.3 Å². The molecule has 4 rings (SSSR count).